The number of amides is 1. The predicted molar refractivity (Wildman–Crippen MR) is 93.7 cm³/mol. The van der Waals surface area contributed by atoms with Gasteiger partial charge in [-0.2, -0.15) is 13.2 Å². The van der Waals surface area contributed by atoms with Crippen LogP contribution in [0.2, 0.25) is 0 Å². The van der Waals surface area contributed by atoms with Crippen LogP contribution in [0.15, 0.2) is 42.6 Å². The lowest BCUT2D eigenvalue weighted by Crippen LogP contribution is -2.41. The molecule has 1 saturated carbocycles. The molecule has 27 heavy (non-hydrogen) atoms. The number of carbonyl (C=O) groups excluding carboxylic acids is 1. The molecule has 7 heteroatoms. The number of pyridine rings is 1. The monoisotopic (exact) mass is 380 g/mol. The SMILES string of the molecule is O=C(N(Cc1ccc(C2CCCCC2)cn1)c1ccccc1F)C(F)(F)F. The molecule has 0 atom stereocenters. The van der Waals surface area contributed by atoms with Crippen molar-refractivity contribution in [1.82, 2.24) is 4.98 Å². The number of carbonyl (C=O) groups is 1. The molecule has 1 fully saturated rings. The summed E-state index contributed by atoms with van der Waals surface area (Å²) < 4.78 is 53.0. The van der Waals surface area contributed by atoms with Gasteiger partial charge in [0.05, 0.1) is 17.9 Å². The molecule has 3 nitrogen and oxygen atoms in total. The van der Waals surface area contributed by atoms with Gasteiger partial charge in [-0.05, 0) is 42.5 Å². The molecule has 1 heterocycles. The van der Waals surface area contributed by atoms with Crippen LogP contribution in [0, 0.1) is 5.82 Å². The van der Waals surface area contributed by atoms with Crippen molar-refractivity contribution in [2.75, 3.05) is 4.90 Å². The molecule has 0 saturated heterocycles. The highest BCUT2D eigenvalue weighted by molar-refractivity contribution is 5.97. The highest BCUT2D eigenvalue weighted by Gasteiger charge is 2.43. The quantitative estimate of drug-likeness (QED) is 0.669. The molecule has 1 aromatic heterocycles. The third-order valence-corrected chi connectivity index (χ3v) is 4.88. The summed E-state index contributed by atoms with van der Waals surface area (Å²) >= 11 is 0. The Morgan fingerprint density at radius 2 is 1.78 bits per heavy atom. The summed E-state index contributed by atoms with van der Waals surface area (Å²) in [6, 6.07) is 8.36. The molecule has 1 aliphatic rings. The minimum atomic E-state index is -5.11. The number of halogens is 4. The van der Waals surface area contributed by atoms with Gasteiger partial charge in [0.1, 0.15) is 5.82 Å². The van der Waals surface area contributed by atoms with Gasteiger partial charge in [-0.3, -0.25) is 14.7 Å². The lowest BCUT2D eigenvalue weighted by molar-refractivity contribution is -0.170. The van der Waals surface area contributed by atoms with E-state index in [4.69, 9.17) is 0 Å². The molecule has 3 rings (SSSR count). The maximum absolute atomic E-state index is 14.0. The zero-order valence-electron chi connectivity index (χ0n) is 14.7. The number of hydrogen-bond donors (Lipinski definition) is 0. The number of nitrogens with zero attached hydrogens (tertiary/aromatic N) is 2. The average Bonchev–Trinajstić information content (AvgIpc) is 2.67. The number of benzene rings is 1. The number of alkyl halides is 3. The molecular formula is C20H20F4N2O. The Morgan fingerprint density at radius 3 is 2.37 bits per heavy atom. The highest BCUT2D eigenvalue weighted by atomic mass is 19.4. The fourth-order valence-electron chi connectivity index (χ4n) is 3.46. The van der Waals surface area contributed by atoms with Crippen molar-refractivity contribution >= 4 is 11.6 Å². The van der Waals surface area contributed by atoms with Gasteiger partial charge in [-0.15, -0.1) is 0 Å². The molecule has 1 aliphatic carbocycles. The van der Waals surface area contributed by atoms with Gasteiger partial charge in [-0.25, -0.2) is 4.39 Å². The van der Waals surface area contributed by atoms with E-state index in [1.165, 1.54) is 18.6 Å². The van der Waals surface area contributed by atoms with Crippen molar-refractivity contribution in [3.8, 4) is 0 Å². The average molecular weight is 380 g/mol. The van der Waals surface area contributed by atoms with E-state index in [0.717, 1.165) is 43.4 Å². The molecule has 0 bridgehead atoms. The lowest BCUT2D eigenvalue weighted by Gasteiger charge is -2.25. The van der Waals surface area contributed by atoms with Gasteiger partial charge in [0.15, 0.2) is 0 Å². The second-order valence-corrected chi connectivity index (χ2v) is 6.76. The zero-order valence-corrected chi connectivity index (χ0v) is 14.7. The molecule has 0 N–H and O–H groups in total. The summed E-state index contributed by atoms with van der Waals surface area (Å²) in [5.74, 6) is -2.60. The summed E-state index contributed by atoms with van der Waals surface area (Å²) in [5, 5.41) is 0. The summed E-state index contributed by atoms with van der Waals surface area (Å²) in [4.78, 5) is 16.5. The maximum Gasteiger partial charge on any atom is 0.471 e. The second-order valence-electron chi connectivity index (χ2n) is 6.76. The molecule has 144 valence electrons. The summed E-state index contributed by atoms with van der Waals surface area (Å²) in [6.07, 6.45) is 2.25. The Hall–Kier alpha value is -2.44. The van der Waals surface area contributed by atoms with Crippen molar-refractivity contribution in [1.29, 1.82) is 0 Å². The van der Waals surface area contributed by atoms with Crippen LogP contribution in [0.4, 0.5) is 23.2 Å². The molecule has 0 aliphatic heterocycles. The lowest BCUT2D eigenvalue weighted by atomic mass is 9.85. The number of para-hydroxylation sites is 1. The number of aromatic nitrogens is 1. The zero-order chi connectivity index (χ0) is 19.4. The standard InChI is InChI=1S/C20H20F4N2O/c21-17-8-4-5-9-18(17)26(19(27)20(22,23)24)13-16-11-10-15(12-25-16)14-6-2-1-3-7-14/h4-5,8-12,14H,1-3,6-7,13H2. The van der Waals surface area contributed by atoms with Gasteiger partial charge in [-0.1, -0.05) is 37.5 Å². The van der Waals surface area contributed by atoms with Crippen LogP contribution in [0.25, 0.3) is 0 Å². The molecule has 0 unspecified atom stereocenters. The minimum Gasteiger partial charge on any atom is -0.296 e. The van der Waals surface area contributed by atoms with Gasteiger partial charge in [0, 0.05) is 6.20 Å². The topological polar surface area (TPSA) is 33.2 Å². The first-order valence-corrected chi connectivity index (χ1v) is 8.94. The molecule has 0 radical (unpaired) electrons. The van der Waals surface area contributed by atoms with E-state index in [9.17, 15) is 22.4 Å². The number of hydrogen-bond acceptors (Lipinski definition) is 2. The maximum atomic E-state index is 14.0. The summed E-state index contributed by atoms with van der Waals surface area (Å²) in [7, 11) is 0. The van der Waals surface area contributed by atoms with Crippen LogP contribution in [0.3, 0.4) is 0 Å². The van der Waals surface area contributed by atoms with Crippen LogP contribution in [-0.4, -0.2) is 17.1 Å². The predicted octanol–water partition coefficient (Wildman–Crippen LogP) is 5.36. The van der Waals surface area contributed by atoms with Gasteiger partial charge < -0.3 is 0 Å². The third kappa shape index (κ3) is 4.64. The largest absolute Gasteiger partial charge is 0.471 e. The fourth-order valence-corrected chi connectivity index (χ4v) is 3.46. The Balaban J connectivity index is 1.83. The summed E-state index contributed by atoms with van der Waals surface area (Å²) in [6.45, 7) is -0.454. The number of anilines is 1. The van der Waals surface area contributed by atoms with E-state index in [1.54, 1.807) is 12.3 Å². The van der Waals surface area contributed by atoms with Gasteiger partial charge in [0.25, 0.3) is 0 Å². The smallest absolute Gasteiger partial charge is 0.296 e. The van der Waals surface area contributed by atoms with Crippen molar-refractivity contribution in [3.05, 3.63) is 59.7 Å². The van der Waals surface area contributed by atoms with E-state index in [0.29, 0.717) is 10.8 Å². The normalized spacial score (nSPS) is 15.6. The van der Waals surface area contributed by atoms with Crippen molar-refractivity contribution in [3.63, 3.8) is 0 Å². The first kappa shape index (κ1) is 19.3. The van der Waals surface area contributed by atoms with Crippen molar-refractivity contribution < 1.29 is 22.4 Å². The molecule has 1 aromatic carbocycles. The Bertz CT molecular complexity index is 783. The number of rotatable bonds is 4. The minimum absolute atomic E-state index is 0.274. The van der Waals surface area contributed by atoms with Crippen molar-refractivity contribution in [2.45, 2.75) is 50.7 Å². The van der Waals surface area contributed by atoms with Crippen LogP contribution in [0.5, 0.6) is 0 Å². The van der Waals surface area contributed by atoms with Crippen LogP contribution < -0.4 is 4.90 Å². The van der Waals surface area contributed by atoms with Crippen LogP contribution >= 0.6 is 0 Å². The summed E-state index contributed by atoms with van der Waals surface area (Å²) in [5.41, 5.74) is 0.909. The molecular weight excluding hydrogens is 360 g/mol. The van der Waals surface area contributed by atoms with E-state index in [-0.39, 0.29) is 5.69 Å². The third-order valence-electron chi connectivity index (χ3n) is 4.88. The molecule has 2 aromatic rings. The molecule has 0 spiro atoms. The van der Waals surface area contributed by atoms with E-state index in [1.807, 2.05) is 6.07 Å². The second kappa shape index (κ2) is 8.06. The Labute approximate surface area is 155 Å². The van der Waals surface area contributed by atoms with Crippen molar-refractivity contribution in [2.24, 2.45) is 0 Å². The van der Waals surface area contributed by atoms with E-state index < -0.39 is 30.1 Å². The molecule has 1 amide bonds. The van der Waals surface area contributed by atoms with Crippen LogP contribution in [-0.2, 0) is 11.3 Å². The highest BCUT2D eigenvalue weighted by Crippen LogP contribution is 2.32. The first-order valence-electron chi connectivity index (χ1n) is 8.94. The Kier molecular flexibility index (Phi) is 5.77. The van der Waals surface area contributed by atoms with Crippen LogP contribution in [0.1, 0.15) is 49.3 Å². The fraction of sp³-hybridized carbons (Fsp3) is 0.400. The first-order chi connectivity index (χ1) is 12.9. The Morgan fingerprint density at radius 1 is 1.07 bits per heavy atom. The van der Waals surface area contributed by atoms with E-state index >= 15 is 0 Å². The van der Waals surface area contributed by atoms with Gasteiger partial charge >= 0.3 is 12.1 Å². The van der Waals surface area contributed by atoms with E-state index in [2.05, 4.69) is 4.98 Å². The van der Waals surface area contributed by atoms with Gasteiger partial charge in [0.2, 0.25) is 0 Å².